The van der Waals surface area contributed by atoms with Crippen LogP contribution in [0.4, 0.5) is 0 Å². The lowest BCUT2D eigenvalue weighted by atomic mass is 9.79. The van der Waals surface area contributed by atoms with Crippen molar-refractivity contribution in [3.8, 4) is 0 Å². The Hall–Kier alpha value is -1.64. The molecule has 1 aliphatic rings. The van der Waals surface area contributed by atoms with Gasteiger partial charge in [-0.15, -0.1) is 0 Å². The van der Waals surface area contributed by atoms with E-state index in [1.165, 1.54) is 0 Å². The third-order valence-corrected chi connectivity index (χ3v) is 3.90. The smallest absolute Gasteiger partial charge is 0.131 e. The molecule has 0 aliphatic carbocycles. The lowest BCUT2D eigenvalue weighted by Gasteiger charge is -2.34. The van der Waals surface area contributed by atoms with Gasteiger partial charge in [0.2, 0.25) is 0 Å². The minimum absolute atomic E-state index is 0.0442. The van der Waals surface area contributed by atoms with Crippen LogP contribution in [0.1, 0.15) is 24.0 Å². The van der Waals surface area contributed by atoms with E-state index in [9.17, 15) is 5.11 Å². The summed E-state index contributed by atoms with van der Waals surface area (Å²) in [5.41, 5.74) is 0.854. The molecule has 0 aromatic heterocycles. The first-order chi connectivity index (χ1) is 9.32. The zero-order chi connectivity index (χ0) is 13.1. The highest BCUT2D eigenvalue weighted by molar-refractivity contribution is 5.38. The number of hydrogen-bond acceptors (Lipinski definition) is 1. The Morgan fingerprint density at radius 1 is 0.895 bits per heavy atom. The van der Waals surface area contributed by atoms with Gasteiger partial charge in [0.1, 0.15) is 5.60 Å². The Morgan fingerprint density at radius 3 is 1.84 bits per heavy atom. The molecule has 0 amide bonds. The molecule has 0 unspecified atom stereocenters. The number of aliphatic hydroxyl groups is 1. The van der Waals surface area contributed by atoms with E-state index in [-0.39, 0.29) is 6.04 Å². The van der Waals surface area contributed by atoms with Crippen LogP contribution < -0.4 is 5.32 Å². The summed E-state index contributed by atoms with van der Waals surface area (Å²) in [7, 11) is 0. The van der Waals surface area contributed by atoms with Gasteiger partial charge in [0.15, 0.2) is 0 Å². The van der Waals surface area contributed by atoms with E-state index in [0.29, 0.717) is 0 Å². The molecule has 0 bridgehead atoms. The molecular formula is C17H18NO. The van der Waals surface area contributed by atoms with Crippen molar-refractivity contribution in [2.45, 2.75) is 24.5 Å². The molecule has 2 nitrogen and oxygen atoms in total. The summed E-state index contributed by atoms with van der Waals surface area (Å²) in [6.45, 7) is 0.854. The molecule has 1 heterocycles. The second kappa shape index (κ2) is 5.16. The van der Waals surface area contributed by atoms with Gasteiger partial charge in [-0.1, -0.05) is 60.7 Å². The normalized spacial score (nSPS) is 19.5. The summed E-state index contributed by atoms with van der Waals surface area (Å²) in [4.78, 5) is 0. The van der Waals surface area contributed by atoms with Crippen molar-refractivity contribution in [2.75, 3.05) is 6.54 Å². The van der Waals surface area contributed by atoms with Gasteiger partial charge in [-0.05, 0) is 24.0 Å². The van der Waals surface area contributed by atoms with E-state index in [0.717, 1.165) is 30.5 Å². The van der Waals surface area contributed by atoms with Crippen LogP contribution in [-0.4, -0.2) is 17.7 Å². The van der Waals surface area contributed by atoms with Crippen LogP contribution in [-0.2, 0) is 5.60 Å². The SMILES string of the molecule is OC(c1ccccc1)(c1ccccc1)[C@@H]1CCC[N]1. The molecule has 0 saturated carbocycles. The molecule has 1 fully saturated rings. The molecule has 19 heavy (non-hydrogen) atoms. The maximum Gasteiger partial charge on any atom is 0.131 e. The minimum atomic E-state index is -1.00. The molecule has 2 aromatic carbocycles. The first-order valence-electron chi connectivity index (χ1n) is 6.82. The summed E-state index contributed by atoms with van der Waals surface area (Å²) in [6, 6.07) is 19.7. The van der Waals surface area contributed by atoms with Gasteiger partial charge in [0.25, 0.3) is 0 Å². The van der Waals surface area contributed by atoms with Crippen LogP contribution in [0.2, 0.25) is 0 Å². The van der Waals surface area contributed by atoms with Gasteiger partial charge in [-0.3, -0.25) is 0 Å². The van der Waals surface area contributed by atoms with E-state index in [1.54, 1.807) is 0 Å². The van der Waals surface area contributed by atoms with Crippen molar-refractivity contribution in [1.82, 2.24) is 5.32 Å². The van der Waals surface area contributed by atoms with Crippen LogP contribution >= 0.6 is 0 Å². The van der Waals surface area contributed by atoms with E-state index in [4.69, 9.17) is 0 Å². The fraction of sp³-hybridized carbons (Fsp3) is 0.294. The fourth-order valence-electron chi connectivity index (χ4n) is 2.90. The van der Waals surface area contributed by atoms with E-state index in [2.05, 4.69) is 5.32 Å². The molecule has 97 valence electrons. The molecule has 1 aliphatic heterocycles. The fourth-order valence-corrected chi connectivity index (χ4v) is 2.90. The number of benzene rings is 2. The monoisotopic (exact) mass is 252 g/mol. The molecule has 1 N–H and O–H groups in total. The Labute approximate surface area is 114 Å². The van der Waals surface area contributed by atoms with Crippen LogP contribution in [0, 0.1) is 0 Å². The van der Waals surface area contributed by atoms with E-state index in [1.807, 2.05) is 60.7 Å². The summed E-state index contributed by atoms with van der Waals surface area (Å²) >= 11 is 0. The highest BCUT2D eigenvalue weighted by atomic mass is 16.3. The minimum Gasteiger partial charge on any atom is -0.379 e. The Bertz CT molecular complexity index is 478. The standard InChI is InChI=1S/C17H18NO/c19-17(16-12-7-13-18-16,14-8-3-1-4-9-14)15-10-5-2-6-11-15/h1-6,8-11,16,19H,7,12-13H2/t16-/m0/s1. The average molecular weight is 252 g/mol. The predicted molar refractivity (Wildman–Crippen MR) is 75.9 cm³/mol. The van der Waals surface area contributed by atoms with Crippen LogP contribution in [0.3, 0.4) is 0 Å². The largest absolute Gasteiger partial charge is 0.379 e. The summed E-state index contributed by atoms with van der Waals surface area (Å²) in [5.74, 6) is 0. The third-order valence-electron chi connectivity index (χ3n) is 3.90. The summed E-state index contributed by atoms with van der Waals surface area (Å²) < 4.78 is 0. The van der Waals surface area contributed by atoms with Gasteiger partial charge in [-0.25, -0.2) is 5.32 Å². The second-order valence-electron chi connectivity index (χ2n) is 5.06. The first kappa shape index (κ1) is 12.4. The van der Waals surface area contributed by atoms with Gasteiger partial charge >= 0.3 is 0 Å². The van der Waals surface area contributed by atoms with Crippen LogP contribution in [0.5, 0.6) is 0 Å². The van der Waals surface area contributed by atoms with Crippen molar-refractivity contribution in [3.63, 3.8) is 0 Å². The van der Waals surface area contributed by atoms with E-state index < -0.39 is 5.60 Å². The lowest BCUT2D eigenvalue weighted by Crippen LogP contribution is -2.43. The van der Waals surface area contributed by atoms with E-state index >= 15 is 0 Å². The Morgan fingerprint density at radius 2 is 1.42 bits per heavy atom. The first-order valence-corrected chi connectivity index (χ1v) is 6.82. The molecule has 2 heteroatoms. The van der Waals surface area contributed by atoms with Crippen molar-refractivity contribution in [3.05, 3.63) is 71.8 Å². The zero-order valence-corrected chi connectivity index (χ0v) is 10.9. The second-order valence-corrected chi connectivity index (χ2v) is 5.06. The molecule has 2 aromatic rings. The van der Waals surface area contributed by atoms with Crippen molar-refractivity contribution in [1.29, 1.82) is 0 Å². The van der Waals surface area contributed by atoms with Crippen molar-refractivity contribution < 1.29 is 5.11 Å². The van der Waals surface area contributed by atoms with Gasteiger partial charge in [0, 0.05) is 6.54 Å². The van der Waals surface area contributed by atoms with Crippen LogP contribution in [0.25, 0.3) is 0 Å². The number of nitrogens with zero attached hydrogens (tertiary/aromatic N) is 1. The summed E-state index contributed by atoms with van der Waals surface area (Å²) in [5, 5.41) is 16.0. The number of hydrogen-bond donors (Lipinski definition) is 1. The Kier molecular flexibility index (Phi) is 3.36. The van der Waals surface area contributed by atoms with Gasteiger partial charge in [0.05, 0.1) is 6.04 Å². The Balaban J connectivity index is 2.10. The zero-order valence-electron chi connectivity index (χ0n) is 10.9. The van der Waals surface area contributed by atoms with Gasteiger partial charge < -0.3 is 5.11 Å². The van der Waals surface area contributed by atoms with Crippen LogP contribution in [0.15, 0.2) is 60.7 Å². The van der Waals surface area contributed by atoms with Gasteiger partial charge in [-0.2, -0.15) is 0 Å². The molecule has 1 atom stereocenters. The molecular weight excluding hydrogens is 234 g/mol. The molecule has 1 saturated heterocycles. The lowest BCUT2D eigenvalue weighted by molar-refractivity contribution is 0.0430. The predicted octanol–water partition coefficient (Wildman–Crippen LogP) is 2.69. The number of rotatable bonds is 3. The molecule has 0 spiro atoms. The van der Waals surface area contributed by atoms with Crippen molar-refractivity contribution in [2.24, 2.45) is 0 Å². The third kappa shape index (κ3) is 2.18. The molecule has 1 radical (unpaired) electrons. The van der Waals surface area contributed by atoms with Crippen molar-refractivity contribution >= 4 is 0 Å². The molecule has 3 rings (SSSR count). The maximum absolute atomic E-state index is 11.4. The quantitative estimate of drug-likeness (QED) is 0.895. The average Bonchev–Trinajstić information content (AvgIpc) is 3.03. The topological polar surface area (TPSA) is 34.3 Å². The summed E-state index contributed by atoms with van der Waals surface area (Å²) in [6.07, 6.45) is 2.01. The maximum atomic E-state index is 11.4. The highest BCUT2D eigenvalue weighted by Gasteiger charge is 2.42. The highest BCUT2D eigenvalue weighted by Crippen LogP contribution is 2.36.